The van der Waals surface area contributed by atoms with Crippen LogP contribution in [0.5, 0.6) is 5.75 Å². The van der Waals surface area contributed by atoms with Gasteiger partial charge in [0.25, 0.3) is 5.91 Å². The third kappa shape index (κ3) is 3.15. The highest BCUT2D eigenvalue weighted by molar-refractivity contribution is 7.10. The van der Waals surface area contributed by atoms with E-state index in [0.29, 0.717) is 6.54 Å². The van der Waals surface area contributed by atoms with Gasteiger partial charge in [-0.25, -0.2) is 0 Å². The topological polar surface area (TPSA) is 79.9 Å². The molecule has 0 aliphatic heterocycles. The largest absolute Gasteiger partial charge is 0.497 e. The van der Waals surface area contributed by atoms with Crippen molar-refractivity contribution in [2.24, 2.45) is 0 Å². The lowest BCUT2D eigenvalue weighted by molar-refractivity contribution is 0.0946. The van der Waals surface area contributed by atoms with Gasteiger partial charge >= 0.3 is 0 Å². The fourth-order valence-electron chi connectivity index (χ4n) is 1.98. The SMILES string of the molecule is COc1ccc(-c2csc(CNC(=O)c3cn[nH]n3)c2)cc1. The summed E-state index contributed by atoms with van der Waals surface area (Å²) in [7, 11) is 1.65. The van der Waals surface area contributed by atoms with Crippen LogP contribution in [0.15, 0.2) is 41.9 Å². The van der Waals surface area contributed by atoms with Gasteiger partial charge < -0.3 is 10.1 Å². The van der Waals surface area contributed by atoms with Crippen LogP contribution in [0.4, 0.5) is 0 Å². The van der Waals surface area contributed by atoms with Crippen LogP contribution in [0, 0.1) is 0 Å². The second-order valence-electron chi connectivity index (χ2n) is 4.57. The summed E-state index contributed by atoms with van der Waals surface area (Å²) in [6, 6.07) is 9.95. The van der Waals surface area contributed by atoms with Crippen molar-refractivity contribution < 1.29 is 9.53 Å². The molecule has 0 saturated heterocycles. The van der Waals surface area contributed by atoms with Gasteiger partial charge in [0.05, 0.1) is 19.9 Å². The molecule has 2 heterocycles. The fraction of sp³-hybridized carbons (Fsp3) is 0.133. The van der Waals surface area contributed by atoms with E-state index in [1.54, 1.807) is 18.4 Å². The number of benzene rings is 1. The number of nitrogens with one attached hydrogen (secondary N) is 2. The van der Waals surface area contributed by atoms with Gasteiger partial charge in [-0.05, 0) is 34.7 Å². The normalized spacial score (nSPS) is 10.4. The van der Waals surface area contributed by atoms with Crippen molar-refractivity contribution in [3.63, 3.8) is 0 Å². The third-order valence-electron chi connectivity index (χ3n) is 3.15. The van der Waals surface area contributed by atoms with E-state index in [1.807, 2.05) is 24.3 Å². The van der Waals surface area contributed by atoms with Gasteiger partial charge in [-0.15, -0.1) is 11.3 Å². The smallest absolute Gasteiger partial charge is 0.273 e. The Hall–Kier alpha value is -2.67. The van der Waals surface area contributed by atoms with E-state index in [4.69, 9.17) is 4.74 Å². The van der Waals surface area contributed by atoms with Crippen molar-refractivity contribution in [3.05, 3.63) is 52.5 Å². The number of hydrogen-bond acceptors (Lipinski definition) is 5. The van der Waals surface area contributed by atoms with Crippen molar-refractivity contribution in [2.45, 2.75) is 6.54 Å². The number of aromatic nitrogens is 3. The van der Waals surface area contributed by atoms with E-state index in [-0.39, 0.29) is 11.6 Å². The van der Waals surface area contributed by atoms with Crippen LogP contribution in [-0.2, 0) is 6.54 Å². The Balaban J connectivity index is 1.64. The number of hydrogen-bond donors (Lipinski definition) is 2. The average Bonchev–Trinajstić information content (AvgIpc) is 3.24. The monoisotopic (exact) mass is 314 g/mol. The van der Waals surface area contributed by atoms with E-state index in [0.717, 1.165) is 21.8 Å². The maximum atomic E-state index is 11.8. The number of amides is 1. The number of thiophene rings is 1. The van der Waals surface area contributed by atoms with Gasteiger partial charge in [0.2, 0.25) is 0 Å². The number of aromatic amines is 1. The van der Waals surface area contributed by atoms with E-state index >= 15 is 0 Å². The Morgan fingerprint density at radius 3 is 2.82 bits per heavy atom. The molecular weight excluding hydrogens is 300 g/mol. The minimum Gasteiger partial charge on any atom is -0.497 e. The summed E-state index contributed by atoms with van der Waals surface area (Å²) in [5.74, 6) is 0.590. The summed E-state index contributed by atoms with van der Waals surface area (Å²) < 4.78 is 5.15. The van der Waals surface area contributed by atoms with Gasteiger partial charge in [-0.2, -0.15) is 15.4 Å². The minimum absolute atomic E-state index is 0.242. The number of rotatable bonds is 5. The molecule has 0 aliphatic carbocycles. The molecule has 1 aromatic carbocycles. The molecule has 3 aromatic rings. The second kappa shape index (κ2) is 6.40. The number of ether oxygens (including phenoxy) is 1. The highest BCUT2D eigenvalue weighted by atomic mass is 32.1. The molecule has 0 saturated carbocycles. The molecule has 0 aliphatic rings. The van der Waals surface area contributed by atoms with Crippen LogP contribution in [-0.4, -0.2) is 28.4 Å². The van der Waals surface area contributed by atoms with Crippen LogP contribution in [0.25, 0.3) is 11.1 Å². The van der Waals surface area contributed by atoms with E-state index < -0.39 is 0 Å². The summed E-state index contributed by atoms with van der Waals surface area (Å²) in [5, 5.41) is 14.7. The molecule has 0 bridgehead atoms. The van der Waals surface area contributed by atoms with Crippen molar-refractivity contribution >= 4 is 17.2 Å². The predicted molar refractivity (Wildman–Crippen MR) is 83.9 cm³/mol. The first-order valence-corrected chi connectivity index (χ1v) is 7.50. The van der Waals surface area contributed by atoms with Crippen molar-refractivity contribution in [1.29, 1.82) is 0 Å². The maximum absolute atomic E-state index is 11.8. The third-order valence-corrected chi connectivity index (χ3v) is 4.08. The molecule has 0 atom stereocenters. The minimum atomic E-state index is -0.242. The number of methoxy groups -OCH3 is 1. The van der Waals surface area contributed by atoms with Crippen LogP contribution >= 0.6 is 11.3 Å². The molecule has 1 amide bonds. The zero-order chi connectivity index (χ0) is 15.4. The molecule has 2 N–H and O–H groups in total. The quantitative estimate of drug-likeness (QED) is 0.758. The van der Waals surface area contributed by atoms with Gasteiger partial charge in [-0.1, -0.05) is 12.1 Å². The molecular formula is C15H14N4O2S. The zero-order valence-electron chi connectivity index (χ0n) is 11.9. The molecule has 2 aromatic heterocycles. The van der Waals surface area contributed by atoms with E-state index in [9.17, 15) is 4.79 Å². The maximum Gasteiger partial charge on any atom is 0.273 e. The second-order valence-corrected chi connectivity index (χ2v) is 5.56. The van der Waals surface area contributed by atoms with Gasteiger partial charge in [0.1, 0.15) is 5.75 Å². The first-order valence-electron chi connectivity index (χ1n) is 6.62. The first-order chi connectivity index (χ1) is 10.8. The van der Waals surface area contributed by atoms with Crippen molar-refractivity contribution in [3.8, 4) is 16.9 Å². The lowest BCUT2D eigenvalue weighted by Crippen LogP contribution is -2.22. The molecule has 0 spiro atoms. The van der Waals surface area contributed by atoms with Gasteiger partial charge in [0.15, 0.2) is 5.69 Å². The number of carbonyl (C=O) groups excluding carboxylic acids is 1. The van der Waals surface area contributed by atoms with Gasteiger partial charge in [-0.3, -0.25) is 4.79 Å². The summed E-state index contributed by atoms with van der Waals surface area (Å²) >= 11 is 1.60. The Labute approximate surface area is 131 Å². The zero-order valence-corrected chi connectivity index (χ0v) is 12.7. The fourth-order valence-corrected chi connectivity index (χ4v) is 2.81. The summed E-state index contributed by atoms with van der Waals surface area (Å²) in [6.07, 6.45) is 1.40. The van der Waals surface area contributed by atoms with E-state index in [1.165, 1.54) is 6.20 Å². The summed E-state index contributed by atoms with van der Waals surface area (Å²) in [4.78, 5) is 12.9. The highest BCUT2D eigenvalue weighted by Gasteiger charge is 2.09. The molecule has 112 valence electrons. The van der Waals surface area contributed by atoms with Crippen molar-refractivity contribution in [1.82, 2.24) is 20.7 Å². The van der Waals surface area contributed by atoms with Crippen LogP contribution < -0.4 is 10.1 Å². The average molecular weight is 314 g/mol. The first kappa shape index (κ1) is 14.3. The Kier molecular flexibility index (Phi) is 4.15. The van der Waals surface area contributed by atoms with E-state index in [2.05, 4.69) is 32.2 Å². The molecule has 6 nitrogen and oxygen atoms in total. The summed E-state index contributed by atoms with van der Waals surface area (Å²) in [6.45, 7) is 0.465. The van der Waals surface area contributed by atoms with Crippen LogP contribution in [0.1, 0.15) is 15.4 Å². The predicted octanol–water partition coefficient (Wildman–Crippen LogP) is 2.47. The summed E-state index contributed by atoms with van der Waals surface area (Å²) in [5.41, 5.74) is 2.52. The molecule has 3 rings (SSSR count). The molecule has 0 radical (unpaired) electrons. The molecule has 22 heavy (non-hydrogen) atoms. The molecule has 0 unspecified atom stereocenters. The standard InChI is InChI=1S/C15H14N4O2S/c1-21-12-4-2-10(3-5-12)11-6-13(22-9-11)7-16-15(20)14-8-17-19-18-14/h2-6,8-9H,7H2,1H3,(H,16,20)(H,17,18,19). The number of carbonyl (C=O) groups is 1. The highest BCUT2D eigenvalue weighted by Crippen LogP contribution is 2.27. The number of H-pyrrole nitrogens is 1. The lowest BCUT2D eigenvalue weighted by atomic mass is 10.1. The molecule has 7 heteroatoms. The molecule has 0 fully saturated rings. The van der Waals surface area contributed by atoms with Crippen LogP contribution in [0.2, 0.25) is 0 Å². The Morgan fingerprint density at radius 1 is 1.32 bits per heavy atom. The number of nitrogens with zero attached hydrogens (tertiary/aromatic N) is 2. The van der Waals surface area contributed by atoms with Crippen molar-refractivity contribution in [2.75, 3.05) is 7.11 Å². The lowest BCUT2D eigenvalue weighted by Gasteiger charge is -2.01. The Morgan fingerprint density at radius 2 is 2.14 bits per heavy atom. The van der Waals surface area contributed by atoms with Crippen LogP contribution in [0.3, 0.4) is 0 Å². The van der Waals surface area contributed by atoms with Gasteiger partial charge in [0, 0.05) is 4.88 Å². The Bertz CT molecular complexity index is 750.